The minimum absolute atomic E-state index is 0.175. The molecule has 6 nitrogen and oxygen atoms in total. The zero-order chi connectivity index (χ0) is 19.0. The van der Waals surface area contributed by atoms with Crippen molar-refractivity contribution in [2.45, 2.75) is 51.3 Å². The summed E-state index contributed by atoms with van der Waals surface area (Å²) in [6.45, 7) is 4.62. The molecule has 1 unspecified atom stereocenters. The summed E-state index contributed by atoms with van der Waals surface area (Å²) in [4.78, 5) is 15.2. The highest BCUT2D eigenvalue weighted by Crippen LogP contribution is 2.33. The number of piperidine rings is 1. The number of benzene rings is 1. The van der Waals surface area contributed by atoms with Crippen LogP contribution in [0.5, 0.6) is 0 Å². The van der Waals surface area contributed by atoms with Crippen LogP contribution in [0.2, 0.25) is 0 Å². The molecule has 2 N–H and O–H groups in total. The Kier molecular flexibility index (Phi) is 5.34. The van der Waals surface area contributed by atoms with Crippen molar-refractivity contribution in [1.29, 1.82) is 0 Å². The molecule has 2 aliphatic rings. The zero-order valence-electron chi connectivity index (χ0n) is 15.5. The Labute approximate surface area is 167 Å². The highest BCUT2D eigenvalue weighted by molar-refractivity contribution is 9.10. The van der Waals surface area contributed by atoms with Crippen molar-refractivity contribution in [3.05, 3.63) is 45.7 Å². The number of aryl methyl sites for hydroxylation is 1. The number of carbonyl (C=O) groups is 1. The molecule has 1 amide bonds. The van der Waals surface area contributed by atoms with Gasteiger partial charge in [0.05, 0.1) is 17.8 Å². The average Bonchev–Trinajstić information content (AvgIpc) is 3.11. The van der Waals surface area contributed by atoms with Gasteiger partial charge in [0, 0.05) is 29.8 Å². The van der Waals surface area contributed by atoms with E-state index >= 15 is 0 Å². The molecule has 4 rings (SSSR count). The van der Waals surface area contributed by atoms with E-state index in [9.17, 15) is 9.90 Å². The van der Waals surface area contributed by atoms with Crippen molar-refractivity contribution in [2.75, 3.05) is 18.4 Å². The Morgan fingerprint density at radius 3 is 2.81 bits per heavy atom. The molecule has 1 aromatic heterocycles. The molecule has 144 valence electrons. The lowest BCUT2D eigenvalue weighted by Crippen LogP contribution is -2.40. The molecule has 0 spiro atoms. The molecule has 1 aromatic carbocycles. The van der Waals surface area contributed by atoms with Crippen molar-refractivity contribution in [2.24, 2.45) is 0 Å². The highest BCUT2D eigenvalue weighted by atomic mass is 79.9. The average molecular weight is 433 g/mol. The van der Waals surface area contributed by atoms with Crippen LogP contribution in [-0.2, 0) is 6.54 Å². The van der Waals surface area contributed by atoms with Crippen LogP contribution in [0.3, 0.4) is 0 Å². The number of anilines is 1. The lowest BCUT2D eigenvalue weighted by Gasteiger charge is -2.38. The normalized spacial score (nSPS) is 21.1. The van der Waals surface area contributed by atoms with E-state index in [-0.39, 0.29) is 18.1 Å². The fraction of sp³-hybridized carbons (Fsp3) is 0.500. The molecule has 1 atom stereocenters. The van der Waals surface area contributed by atoms with Gasteiger partial charge in [-0.1, -0.05) is 22.0 Å². The lowest BCUT2D eigenvalue weighted by atomic mass is 9.98. The number of rotatable bonds is 3. The second kappa shape index (κ2) is 7.73. The monoisotopic (exact) mass is 432 g/mol. The number of nitrogens with zero attached hydrogens (tertiary/aromatic N) is 3. The first-order chi connectivity index (χ1) is 13.0. The van der Waals surface area contributed by atoms with E-state index < -0.39 is 0 Å². The first-order valence-electron chi connectivity index (χ1n) is 9.59. The molecule has 2 aliphatic heterocycles. The second-order valence-electron chi connectivity index (χ2n) is 7.47. The van der Waals surface area contributed by atoms with Gasteiger partial charge in [0.2, 0.25) is 0 Å². The van der Waals surface area contributed by atoms with Gasteiger partial charge in [-0.3, -0.25) is 14.4 Å². The van der Waals surface area contributed by atoms with Gasteiger partial charge in [-0.05, 0) is 56.4 Å². The van der Waals surface area contributed by atoms with Gasteiger partial charge in [0.15, 0.2) is 5.69 Å². The van der Waals surface area contributed by atoms with Crippen LogP contribution >= 0.6 is 15.9 Å². The summed E-state index contributed by atoms with van der Waals surface area (Å²) in [5.74, 6) is -0.175. The largest absolute Gasteiger partial charge is 0.393 e. The number of likely N-dealkylation sites (tertiary alicyclic amines) is 1. The van der Waals surface area contributed by atoms with Crippen LogP contribution < -0.4 is 5.32 Å². The third-order valence-electron chi connectivity index (χ3n) is 5.69. The summed E-state index contributed by atoms with van der Waals surface area (Å²) in [5, 5.41) is 17.3. The molecule has 27 heavy (non-hydrogen) atoms. The first-order valence-corrected chi connectivity index (χ1v) is 10.4. The van der Waals surface area contributed by atoms with E-state index in [0.29, 0.717) is 5.69 Å². The molecule has 3 heterocycles. The van der Waals surface area contributed by atoms with E-state index in [1.807, 2.05) is 35.9 Å². The van der Waals surface area contributed by atoms with Crippen molar-refractivity contribution in [3.8, 4) is 0 Å². The molecular formula is C20H25BrN4O2. The molecule has 7 heteroatoms. The maximum absolute atomic E-state index is 12.8. The van der Waals surface area contributed by atoms with Gasteiger partial charge in [-0.25, -0.2) is 0 Å². The van der Waals surface area contributed by atoms with Crippen LogP contribution in [0.15, 0.2) is 28.7 Å². The number of amides is 1. The number of nitrogens with one attached hydrogen (secondary N) is 1. The van der Waals surface area contributed by atoms with E-state index in [1.165, 1.54) is 0 Å². The molecular weight excluding hydrogens is 408 g/mol. The summed E-state index contributed by atoms with van der Waals surface area (Å²) in [5.41, 5.74) is 3.38. The van der Waals surface area contributed by atoms with Crippen molar-refractivity contribution in [3.63, 3.8) is 0 Å². The van der Waals surface area contributed by atoms with Crippen LogP contribution in [0.1, 0.15) is 53.5 Å². The van der Waals surface area contributed by atoms with Gasteiger partial charge in [0.25, 0.3) is 5.91 Å². The van der Waals surface area contributed by atoms with Crippen molar-refractivity contribution in [1.82, 2.24) is 14.7 Å². The maximum atomic E-state index is 12.8. The van der Waals surface area contributed by atoms with Gasteiger partial charge in [-0.15, -0.1) is 0 Å². The predicted molar refractivity (Wildman–Crippen MR) is 108 cm³/mol. The van der Waals surface area contributed by atoms with Crippen LogP contribution in [0.4, 0.5) is 5.69 Å². The summed E-state index contributed by atoms with van der Waals surface area (Å²) in [6, 6.07) is 7.99. The predicted octanol–water partition coefficient (Wildman–Crippen LogP) is 3.50. The van der Waals surface area contributed by atoms with Crippen LogP contribution in [0.25, 0.3) is 0 Å². The fourth-order valence-electron chi connectivity index (χ4n) is 4.07. The summed E-state index contributed by atoms with van der Waals surface area (Å²) in [7, 11) is 0. The summed E-state index contributed by atoms with van der Waals surface area (Å²) in [6.07, 6.45) is 3.60. The Morgan fingerprint density at radius 2 is 2.04 bits per heavy atom. The number of aromatic nitrogens is 2. The number of fused-ring (bicyclic) bond motifs is 1. The van der Waals surface area contributed by atoms with Crippen molar-refractivity contribution < 1.29 is 9.90 Å². The fourth-order valence-corrected chi connectivity index (χ4v) is 4.43. The second-order valence-corrected chi connectivity index (χ2v) is 8.32. The van der Waals surface area contributed by atoms with Gasteiger partial charge < -0.3 is 10.4 Å². The maximum Gasteiger partial charge on any atom is 0.276 e. The van der Waals surface area contributed by atoms with E-state index in [0.717, 1.165) is 66.7 Å². The number of aliphatic hydroxyl groups is 1. The van der Waals surface area contributed by atoms with Gasteiger partial charge in [0.1, 0.15) is 0 Å². The molecule has 1 saturated heterocycles. The highest BCUT2D eigenvalue weighted by Gasteiger charge is 2.31. The Balaban J connectivity index is 1.54. The molecule has 0 bridgehead atoms. The number of carbonyl (C=O) groups excluding carboxylic acids is 1. The molecule has 2 aromatic rings. The van der Waals surface area contributed by atoms with Crippen LogP contribution in [-0.4, -0.2) is 44.9 Å². The number of hydrogen-bond donors (Lipinski definition) is 2. The van der Waals surface area contributed by atoms with E-state index in [4.69, 9.17) is 0 Å². The van der Waals surface area contributed by atoms with Gasteiger partial charge in [-0.2, -0.15) is 5.10 Å². The molecule has 1 fully saturated rings. The summed E-state index contributed by atoms with van der Waals surface area (Å²) < 4.78 is 2.96. The van der Waals surface area contributed by atoms with Crippen LogP contribution in [0, 0.1) is 6.92 Å². The smallest absolute Gasteiger partial charge is 0.276 e. The molecule has 0 saturated carbocycles. The topological polar surface area (TPSA) is 70.4 Å². The Hall–Kier alpha value is -1.70. The summed E-state index contributed by atoms with van der Waals surface area (Å²) >= 11 is 3.50. The Bertz CT molecular complexity index is 843. The third-order valence-corrected chi connectivity index (χ3v) is 6.55. The SMILES string of the molecule is Cc1c(Br)cccc1NC(=O)c1cc2n(n1)CCCC2N1CCC(O)CC1. The molecule has 0 aliphatic carbocycles. The lowest BCUT2D eigenvalue weighted by molar-refractivity contribution is 0.0512. The van der Waals surface area contributed by atoms with Gasteiger partial charge >= 0.3 is 0 Å². The van der Waals surface area contributed by atoms with E-state index in [2.05, 4.69) is 31.2 Å². The minimum atomic E-state index is -0.176. The quantitative estimate of drug-likeness (QED) is 0.778. The number of hydrogen-bond acceptors (Lipinski definition) is 4. The third kappa shape index (κ3) is 3.81. The van der Waals surface area contributed by atoms with Crippen molar-refractivity contribution >= 4 is 27.5 Å². The number of halogens is 1. The standard InChI is InChI=1S/C20H25BrN4O2/c1-13-15(21)4-2-5-16(13)22-20(27)17-12-19-18(6-3-9-25(19)23-17)24-10-7-14(26)8-11-24/h2,4-5,12,14,18,26H,3,6-11H2,1H3,(H,22,27). The molecule has 0 radical (unpaired) electrons. The van der Waals surface area contributed by atoms with E-state index in [1.54, 1.807) is 0 Å². The minimum Gasteiger partial charge on any atom is -0.393 e. The number of aliphatic hydroxyl groups excluding tert-OH is 1. The zero-order valence-corrected chi connectivity index (χ0v) is 17.1. The Morgan fingerprint density at radius 1 is 1.26 bits per heavy atom. The first kappa shape index (κ1) is 18.7.